The van der Waals surface area contributed by atoms with Crippen molar-refractivity contribution in [1.29, 1.82) is 0 Å². The highest BCUT2D eigenvalue weighted by molar-refractivity contribution is 9.10. The molecular formula is C39H38BrN3O6. The van der Waals surface area contributed by atoms with Gasteiger partial charge in [0.15, 0.2) is 0 Å². The maximum absolute atomic E-state index is 14.0. The summed E-state index contributed by atoms with van der Waals surface area (Å²) in [5.41, 5.74) is 2.11. The van der Waals surface area contributed by atoms with E-state index in [9.17, 15) is 24.3 Å². The highest BCUT2D eigenvalue weighted by Crippen LogP contribution is 2.25. The van der Waals surface area contributed by atoms with Crippen LogP contribution in [0.25, 0.3) is 10.8 Å². The van der Waals surface area contributed by atoms with E-state index in [0.29, 0.717) is 26.9 Å². The Morgan fingerprint density at radius 2 is 1.53 bits per heavy atom. The van der Waals surface area contributed by atoms with E-state index in [0.717, 1.165) is 21.9 Å². The number of hydrogen-bond donors (Lipinski definition) is 3. The van der Waals surface area contributed by atoms with Crippen LogP contribution in [0.4, 0.5) is 5.69 Å². The van der Waals surface area contributed by atoms with Gasteiger partial charge in [-0.05, 0) is 87.4 Å². The molecule has 10 heteroatoms. The fourth-order valence-corrected chi connectivity index (χ4v) is 5.97. The van der Waals surface area contributed by atoms with Gasteiger partial charge in [-0.2, -0.15) is 0 Å². The average molecular weight is 725 g/mol. The number of methoxy groups -OCH3 is 1. The van der Waals surface area contributed by atoms with Crippen LogP contribution in [0.5, 0.6) is 5.75 Å². The van der Waals surface area contributed by atoms with Crippen molar-refractivity contribution in [3.8, 4) is 5.75 Å². The molecule has 49 heavy (non-hydrogen) atoms. The highest BCUT2D eigenvalue weighted by Gasteiger charge is 2.30. The average Bonchev–Trinajstić information content (AvgIpc) is 3.09. The molecule has 0 saturated carbocycles. The van der Waals surface area contributed by atoms with Crippen molar-refractivity contribution in [2.45, 2.75) is 51.6 Å². The summed E-state index contributed by atoms with van der Waals surface area (Å²) in [5.74, 6) is -1.18. The molecule has 3 N–H and O–H groups in total. The number of carbonyl (C=O) groups is 3. The fourth-order valence-electron chi connectivity index (χ4n) is 5.52. The van der Waals surface area contributed by atoms with Gasteiger partial charge in [0, 0.05) is 17.1 Å². The first-order valence-electron chi connectivity index (χ1n) is 15.8. The summed E-state index contributed by atoms with van der Waals surface area (Å²) in [6, 6.07) is 26.9. The number of anilines is 1. The number of benzene rings is 4. The largest absolute Gasteiger partial charge is 0.497 e. The van der Waals surface area contributed by atoms with Crippen molar-refractivity contribution in [2.24, 2.45) is 0 Å². The molecule has 0 spiro atoms. The van der Waals surface area contributed by atoms with E-state index >= 15 is 0 Å². The Kier molecular flexibility index (Phi) is 10.7. The molecule has 1 aromatic heterocycles. The molecule has 252 valence electrons. The number of rotatable bonds is 12. The van der Waals surface area contributed by atoms with Crippen molar-refractivity contribution < 1.29 is 24.2 Å². The predicted molar refractivity (Wildman–Crippen MR) is 194 cm³/mol. The van der Waals surface area contributed by atoms with Gasteiger partial charge in [-0.1, -0.05) is 78.9 Å². The highest BCUT2D eigenvalue weighted by atomic mass is 79.9. The molecule has 5 rings (SSSR count). The maximum Gasteiger partial charge on any atom is 0.313 e. The number of pyridine rings is 1. The van der Waals surface area contributed by atoms with Gasteiger partial charge in [0.1, 0.15) is 17.5 Å². The molecule has 0 fully saturated rings. The van der Waals surface area contributed by atoms with Gasteiger partial charge in [0.2, 0.25) is 11.8 Å². The zero-order chi connectivity index (χ0) is 35.3. The standard InChI is InChI=1S/C39H38BrN3O6/c1-24-32(40)23-43(22-26-12-17-31(49-4)18-13-26)37(46)35(24)42-36(45)33(20-25-10-15-30(16-11-25)39(2,3)38(47)48)41-34(44)21-27-9-14-28-7-5-6-8-29(28)19-27/h5-19,23,33H,20-22H2,1-4H3,(H,41,44)(H,42,45)(H,47,48)/t33-/m1/s1. The second-order valence-corrected chi connectivity index (χ2v) is 13.4. The Balaban J connectivity index is 1.41. The zero-order valence-electron chi connectivity index (χ0n) is 27.7. The smallest absolute Gasteiger partial charge is 0.313 e. The lowest BCUT2D eigenvalue weighted by molar-refractivity contribution is -0.142. The molecule has 4 aromatic carbocycles. The zero-order valence-corrected chi connectivity index (χ0v) is 29.3. The number of nitrogens with zero attached hydrogens (tertiary/aromatic N) is 1. The summed E-state index contributed by atoms with van der Waals surface area (Å²) in [6.45, 7) is 5.23. The molecular weight excluding hydrogens is 686 g/mol. The monoisotopic (exact) mass is 723 g/mol. The van der Waals surface area contributed by atoms with Crippen molar-refractivity contribution in [3.63, 3.8) is 0 Å². The number of fused-ring (bicyclic) bond motifs is 1. The van der Waals surface area contributed by atoms with Gasteiger partial charge in [-0.15, -0.1) is 0 Å². The number of nitrogens with one attached hydrogen (secondary N) is 2. The minimum atomic E-state index is -1.10. The van der Waals surface area contributed by atoms with Crippen LogP contribution in [-0.2, 0) is 39.2 Å². The van der Waals surface area contributed by atoms with E-state index in [1.807, 2.05) is 66.7 Å². The Morgan fingerprint density at radius 1 is 0.898 bits per heavy atom. The summed E-state index contributed by atoms with van der Waals surface area (Å²) in [7, 11) is 1.58. The number of ether oxygens (including phenoxy) is 1. The van der Waals surface area contributed by atoms with Gasteiger partial charge in [-0.25, -0.2) is 0 Å². The number of carbonyl (C=O) groups excluding carboxylic acids is 2. The molecule has 1 heterocycles. The van der Waals surface area contributed by atoms with E-state index in [4.69, 9.17) is 4.74 Å². The molecule has 9 nitrogen and oxygen atoms in total. The topological polar surface area (TPSA) is 127 Å². The van der Waals surface area contributed by atoms with E-state index < -0.39 is 28.9 Å². The number of aromatic nitrogens is 1. The number of aliphatic carboxylic acids is 1. The SMILES string of the molecule is COc1ccc(Cn2cc(Br)c(C)c(NC(=O)[C@@H](Cc3ccc(C(C)(C)C(=O)O)cc3)NC(=O)Cc3ccc4ccccc4c3)c2=O)cc1. The van der Waals surface area contributed by atoms with Gasteiger partial charge in [-0.3, -0.25) is 19.2 Å². The quantitative estimate of drug-likeness (QED) is 0.137. The van der Waals surface area contributed by atoms with Crippen molar-refractivity contribution in [3.05, 3.63) is 140 Å². The summed E-state index contributed by atoms with van der Waals surface area (Å²) in [6.07, 6.45) is 1.83. The molecule has 0 aliphatic heterocycles. The Labute approximate surface area is 293 Å². The van der Waals surface area contributed by atoms with Crippen LogP contribution in [0.2, 0.25) is 0 Å². The molecule has 2 amide bonds. The molecule has 1 atom stereocenters. The van der Waals surface area contributed by atoms with Crippen LogP contribution in [0, 0.1) is 6.92 Å². The van der Waals surface area contributed by atoms with Gasteiger partial charge >= 0.3 is 5.97 Å². The number of amides is 2. The minimum absolute atomic E-state index is 0.0466. The summed E-state index contributed by atoms with van der Waals surface area (Å²) in [4.78, 5) is 52.9. The lowest BCUT2D eigenvalue weighted by Gasteiger charge is -2.22. The van der Waals surface area contributed by atoms with Crippen LogP contribution in [0.15, 0.2) is 106 Å². The van der Waals surface area contributed by atoms with Crippen LogP contribution in [0.1, 0.15) is 41.7 Å². The molecule has 0 saturated heterocycles. The fraction of sp³-hybridized carbons (Fsp3) is 0.231. The number of carboxylic acid groups (broad SMARTS) is 1. The van der Waals surface area contributed by atoms with E-state index in [1.165, 1.54) is 4.57 Å². The van der Waals surface area contributed by atoms with Gasteiger partial charge < -0.3 is 25.0 Å². The summed E-state index contributed by atoms with van der Waals surface area (Å²) >= 11 is 3.53. The van der Waals surface area contributed by atoms with Crippen molar-refractivity contribution >= 4 is 50.2 Å². The van der Waals surface area contributed by atoms with Crippen molar-refractivity contribution in [1.82, 2.24) is 9.88 Å². The third-order valence-electron chi connectivity index (χ3n) is 8.72. The third-order valence-corrected chi connectivity index (χ3v) is 9.52. The second kappa shape index (κ2) is 14.9. The predicted octanol–water partition coefficient (Wildman–Crippen LogP) is 6.40. The van der Waals surface area contributed by atoms with E-state index in [-0.39, 0.29) is 31.0 Å². The first kappa shape index (κ1) is 35.1. The Bertz CT molecular complexity index is 2070. The lowest BCUT2D eigenvalue weighted by Crippen LogP contribution is -2.46. The van der Waals surface area contributed by atoms with Crippen molar-refractivity contribution in [2.75, 3.05) is 12.4 Å². The van der Waals surface area contributed by atoms with Gasteiger partial charge in [0.25, 0.3) is 5.56 Å². The van der Waals surface area contributed by atoms with Crippen LogP contribution in [0.3, 0.4) is 0 Å². The summed E-state index contributed by atoms with van der Waals surface area (Å²) in [5, 5.41) is 17.4. The molecule has 0 bridgehead atoms. The minimum Gasteiger partial charge on any atom is -0.497 e. The van der Waals surface area contributed by atoms with E-state index in [2.05, 4.69) is 26.6 Å². The Hall–Kier alpha value is -5.22. The molecule has 0 unspecified atom stereocenters. The second-order valence-electron chi connectivity index (χ2n) is 12.6. The van der Waals surface area contributed by atoms with Gasteiger partial charge in [0.05, 0.1) is 25.5 Å². The van der Waals surface area contributed by atoms with E-state index in [1.54, 1.807) is 58.3 Å². The Morgan fingerprint density at radius 3 is 2.18 bits per heavy atom. The molecule has 0 aliphatic carbocycles. The van der Waals surface area contributed by atoms with Crippen LogP contribution < -0.4 is 20.9 Å². The molecule has 0 aliphatic rings. The molecule has 0 radical (unpaired) electrons. The third kappa shape index (κ3) is 8.26. The first-order valence-corrected chi connectivity index (χ1v) is 16.6. The lowest BCUT2D eigenvalue weighted by atomic mass is 9.84. The number of hydrogen-bond acceptors (Lipinski definition) is 5. The summed E-state index contributed by atoms with van der Waals surface area (Å²) < 4.78 is 7.37. The van der Waals surface area contributed by atoms with Crippen LogP contribution >= 0.6 is 15.9 Å². The normalized spacial score (nSPS) is 11.9. The molecule has 5 aromatic rings. The number of halogens is 1. The maximum atomic E-state index is 14.0. The number of carboxylic acids is 1. The van der Waals surface area contributed by atoms with Crippen LogP contribution in [-0.4, -0.2) is 40.6 Å². The first-order chi connectivity index (χ1) is 23.3.